The van der Waals surface area contributed by atoms with Gasteiger partial charge in [0.05, 0.1) is 16.9 Å². The molecular formula is C20H23N5. The Morgan fingerprint density at radius 1 is 0.960 bits per heavy atom. The van der Waals surface area contributed by atoms with Crippen molar-refractivity contribution in [3.63, 3.8) is 0 Å². The molecule has 0 spiro atoms. The highest BCUT2D eigenvalue weighted by Crippen LogP contribution is 2.36. The molecule has 0 fully saturated rings. The molecule has 2 N–H and O–H groups in total. The lowest BCUT2D eigenvalue weighted by Gasteiger charge is -2.28. The highest BCUT2D eigenvalue weighted by Gasteiger charge is 2.31. The zero-order chi connectivity index (χ0) is 17.6. The predicted octanol–water partition coefficient (Wildman–Crippen LogP) is 3.93. The van der Waals surface area contributed by atoms with Crippen LogP contribution in [0, 0.1) is 13.8 Å². The molecule has 0 saturated carbocycles. The van der Waals surface area contributed by atoms with E-state index >= 15 is 0 Å². The van der Waals surface area contributed by atoms with Crippen molar-refractivity contribution < 1.29 is 0 Å². The first-order valence-electron chi connectivity index (χ1n) is 8.70. The lowest BCUT2D eigenvalue weighted by atomic mass is 9.87. The van der Waals surface area contributed by atoms with Gasteiger partial charge in [0, 0.05) is 17.0 Å². The minimum absolute atomic E-state index is 0.303. The largest absolute Gasteiger partial charge is 0.360 e. The zero-order valence-corrected chi connectivity index (χ0v) is 15.1. The molecule has 0 radical (unpaired) electrons. The molecular weight excluding hydrogens is 310 g/mol. The van der Waals surface area contributed by atoms with E-state index in [-0.39, 0.29) is 5.54 Å². The average molecular weight is 333 g/mol. The monoisotopic (exact) mass is 333 g/mol. The van der Waals surface area contributed by atoms with Crippen LogP contribution in [0.2, 0.25) is 0 Å². The Bertz CT molecular complexity index is 939. The number of fused-ring (bicyclic) bond motifs is 3. The number of nitrogens with one attached hydrogen (secondary N) is 2. The van der Waals surface area contributed by atoms with E-state index in [0.717, 1.165) is 47.1 Å². The molecule has 1 aliphatic rings. The van der Waals surface area contributed by atoms with Gasteiger partial charge in [-0.15, -0.1) is 0 Å². The van der Waals surface area contributed by atoms with Crippen molar-refractivity contribution in [2.24, 2.45) is 0 Å². The average Bonchev–Trinajstić information content (AvgIpc) is 3.00. The van der Waals surface area contributed by atoms with Gasteiger partial charge >= 0.3 is 0 Å². The first kappa shape index (κ1) is 15.8. The second-order valence-corrected chi connectivity index (χ2v) is 7.30. The summed E-state index contributed by atoms with van der Waals surface area (Å²) >= 11 is 0. The van der Waals surface area contributed by atoms with Crippen LogP contribution in [0.5, 0.6) is 0 Å². The van der Waals surface area contributed by atoms with E-state index in [9.17, 15) is 0 Å². The van der Waals surface area contributed by atoms with Gasteiger partial charge in [-0.25, -0.2) is 4.98 Å². The SMILES string of the molecule is Cc1cccc(NC(C)(C)c2[nH]nc3c2CCc2ccc(C)nc2-3)n1. The second-order valence-electron chi connectivity index (χ2n) is 7.30. The van der Waals surface area contributed by atoms with E-state index in [1.165, 1.54) is 11.1 Å². The normalized spacial score (nSPS) is 13.3. The standard InChI is InChI=1S/C20H23N5/c1-12-6-5-7-16(21-12)23-20(3,4)19-15-11-10-14-9-8-13(2)22-17(14)18(15)24-25-19/h5-9H,10-11H2,1-4H3,(H,21,23)(H,24,25). The summed E-state index contributed by atoms with van der Waals surface area (Å²) in [7, 11) is 0. The lowest BCUT2D eigenvalue weighted by molar-refractivity contribution is 0.574. The maximum Gasteiger partial charge on any atom is 0.126 e. The molecule has 0 atom stereocenters. The van der Waals surface area contributed by atoms with Crippen molar-refractivity contribution in [1.82, 2.24) is 20.2 Å². The van der Waals surface area contributed by atoms with Gasteiger partial charge < -0.3 is 5.32 Å². The number of hydrogen-bond donors (Lipinski definition) is 2. The van der Waals surface area contributed by atoms with Gasteiger partial charge in [-0.3, -0.25) is 10.1 Å². The third-order valence-corrected chi connectivity index (χ3v) is 4.81. The summed E-state index contributed by atoms with van der Waals surface area (Å²) < 4.78 is 0. The number of pyridine rings is 2. The molecule has 5 heteroatoms. The van der Waals surface area contributed by atoms with E-state index < -0.39 is 0 Å². The van der Waals surface area contributed by atoms with Crippen molar-refractivity contribution >= 4 is 5.82 Å². The van der Waals surface area contributed by atoms with Crippen LogP contribution < -0.4 is 5.32 Å². The molecule has 3 aromatic rings. The van der Waals surface area contributed by atoms with Crippen molar-refractivity contribution in [2.45, 2.75) is 46.1 Å². The molecule has 128 valence electrons. The number of anilines is 1. The first-order valence-corrected chi connectivity index (χ1v) is 8.70. The zero-order valence-electron chi connectivity index (χ0n) is 15.1. The van der Waals surface area contributed by atoms with Crippen molar-refractivity contribution in [1.29, 1.82) is 0 Å². The third-order valence-electron chi connectivity index (χ3n) is 4.81. The van der Waals surface area contributed by atoms with Crippen molar-refractivity contribution in [2.75, 3.05) is 5.32 Å². The molecule has 0 saturated heterocycles. The van der Waals surface area contributed by atoms with Gasteiger partial charge in [0.25, 0.3) is 0 Å². The Morgan fingerprint density at radius 2 is 1.76 bits per heavy atom. The van der Waals surface area contributed by atoms with Crippen LogP contribution in [-0.4, -0.2) is 20.2 Å². The topological polar surface area (TPSA) is 66.5 Å². The van der Waals surface area contributed by atoms with Gasteiger partial charge in [-0.1, -0.05) is 12.1 Å². The summed E-state index contributed by atoms with van der Waals surface area (Å²) in [5.41, 5.74) is 7.39. The number of aryl methyl sites for hydroxylation is 3. The van der Waals surface area contributed by atoms with E-state index in [1.54, 1.807) is 0 Å². The fraction of sp³-hybridized carbons (Fsp3) is 0.350. The van der Waals surface area contributed by atoms with Crippen molar-refractivity contribution in [3.05, 3.63) is 58.5 Å². The first-order chi connectivity index (χ1) is 11.9. The minimum atomic E-state index is -0.303. The number of aromatic amines is 1. The Hall–Kier alpha value is -2.69. The number of aromatic nitrogens is 4. The number of nitrogens with zero attached hydrogens (tertiary/aromatic N) is 3. The predicted molar refractivity (Wildman–Crippen MR) is 99.6 cm³/mol. The molecule has 5 nitrogen and oxygen atoms in total. The molecule has 1 aliphatic carbocycles. The minimum Gasteiger partial charge on any atom is -0.360 e. The molecule has 0 aliphatic heterocycles. The smallest absolute Gasteiger partial charge is 0.126 e. The fourth-order valence-electron chi connectivity index (χ4n) is 3.57. The molecule has 3 heterocycles. The number of hydrogen-bond acceptors (Lipinski definition) is 4. The van der Waals surface area contributed by atoms with Crippen LogP contribution in [0.1, 0.15) is 42.1 Å². The van der Waals surface area contributed by atoms with Crippen LogP contribution in [0.3, 0.4) is 0 Å². The molecule has 0 unspecified atom stereocenters. The maximum atomic E-state index is 4.73. The summed E-state index contributed by atoms with van der Waals surface area (Å²) in [6.45, 7) is 8.34. The Balaban J connectivity index is 1.73. The highest BCUT2D eigenvalue weighted by molar-refractivity contribution is 5.67. The van der Waals surface area contributed by atoms with Crippen LogP contribution in [0.4, 0.5) is 5.82 Å². The van der Waals surface area contributed by atoms with Crippen LogP contribution >= 0.6 is 0 Å². The highest BCUT2D eigenvalue weighted by atomic mass is 15.2. The molecule has 3 aromatic heterocycles. The Morgan fingerprint density at radius 3 is 2.56 bits per heavy atom. The third kappa shape index (κ3) is 2.80. The van der Waals surface area contributed by atoms with E-state index in [2.05, 4.69) is 46.5 Å². The van der Waals surface area contributed by atoms with Gasteiger partial charge in [0.1, 0.15) is 11.5 Å². The summed E-state index contributed by atoms with van der Waals surface area (Å²) in [5.74, 6) is 0.874. The Kier molecular flexibility index (Phi) is 3.60. The maximum absolute atomic E-state index is 4.73. The van der Waals surface area contributed by atoms with Gasteiger partial charge in [0.2, 0.25) is 0 Å². The molecule has 25 heavy (non-hydrogen) atoms. The summed E-state index contributed by atoms with van der Waals surface area (Å²) in [6, 6.07) is 10.3. The van der Waals surface area contributed by atoms with E-state index in [1.807, 2.05) is 32.0 Å². The fourth-order valence-corrected chi connectivity index (χ4v) is 3.57. The van der Waals surface area contributed by atoms with Crippen LogP contribution in [-0.2, 0) is 18.4 Å². The molecule has 0 aromatic carbocycles. The quantitative estimate of drug-likeness (QED) is 0.762. The molecule has 4 rings (SSSR count). The number of rotatable bonds is 3. The molecule has 0 bridgehead atoms. The lowest BCUT2D eigenvalue weighted by Crippen LogP contribution is -2.30. The van der Waals surface area contributed by atoms with Gasteiger partial charge in [-0.2, -0.15) is 5.10 Å². The van der Waals surface area contributed by atoms with Gasteiger partial charge in [-0.05, 0) is 64.3 Å². The van der Waals surface area contributed by atoms with Crippen LogP contribution in [0.15, 0.2) is 30.3 Å². The van der Waals surface area contributed by atoms with E-state index in [4.69, 9.17) is 4.98 Å². The van der Waals surface area contributed by atoms with Crippen LogP contribution in [0.25, 0.3) is 11.4 Å². The second kappa shape index (κ2) is 5.69. The molecule has 0 amide bonds. The summed E-state index contributed by atoms with van der Waals surface area (Å²) in [5, 5.41) is 11.4. The van der Waals surface area contributed by atoms with Gasteiger partial charge in [0.15, 0.2) is 0 Å². The summed E-state index contributed by atoms with van der Waals surface area (Å²) in [6.07, 6.45) is 1.98. The van der Waals surface area contributed by atoms with E-state index in [0.29, 0.717) is 0 Å². The Labute approximate surface area is 147 Å². The summed E-state index contributed by atoms with van der Waals surface area (Å²) in [4.78, 5) is 9.30. The van der Waals surface area contributed by atoms with Crippen molar-refractivity contribution in [3.8, 4) is 11.4 Å². The number of H-pyrrole nitrogens is 1.